The molecule has 0 N–H and O–H groups in total. The van der Waals surface area contributed by atoms with Crippen LogP contribution in [0.3, 0.4) is 0 Å². The van der Waals surface area contributed by atoms with Crippen LogP contribution in [0, 0.1) is 11.3 Å². The second kappa shape index (κ2) is 6.16. The molecule has 2 aromatic rings. The average Bonchev–Trinajstić information content (AvgIpc) is 2.96. The van der Waals surface area contributed by atoms with Gasteiger partial charge in [0.1, 0.15) is 5.75 Å². The Kier molecular flexibility index (Phi) is 3.89. The van der Waals surface area contributed by atoms with Gasteiger partial charge in [0, 0.05) is 5.56 Å². The second-order valence-corrected chi connectivity index (χ2v) is 4.80. The van der Waals surface area contributed by atoms with Gasteiger partial charge in [0.2, 0.25) is 5.90 Å². The van der Waals surface area contributed by atoms with Gasteiger partial charge in [0.15, 0.2) is 5.70 Å². The van der Waals surface area contributed by atoms with Crippen LogP contribution >= 0.6 is 0 Å². The number of methoxy groups -OCH3 is 1. The summed E-state index contributed by atoms with van der Waals surface area (Å²) < 4.78 is 10.3. The first kappa shape index (κ1) is 14.5. The van der Waals surface area contributed by atoms with E-state index in [9.17, 15) is 4.79 Å². The third kappa shape index (κ3) is 3.11. The molecular weight excluding hydrogens is 292 g/mol. The van der Waals surface area contributed by atoms with Crippen LogP contribution in [0.1, 0.15) is 16.7 Å². The van der Waals surface area contributed by atoms with E-state index in [2.05, 4.69) is 11.1 Å². The lowest BCUT2D eigenvalue weighted by Gasteiger charge is -2.01. The van der Waals surface area contributed by atoms with Gasteiger partial charge < -0.3 is 9.47 Å². The van der Waals surface area contributed by atoms with E-state index in [0.717, 1.165) is 5.56 Å². The van der Waals surface area contributed by atoms with Crippen LogP contribution in [0.4, 0.5) is 0 Å². The Labute approximate surface area is 133 Å². The summed E-state index contributed by atoms with van der Waals surface area (Å²) in [4.78, 5) is 16.2. The Balaban J connectivity index is 1.91. The first-order valence-corrected chi connectivity index (χ1v) is 6.87. The van der Waals surface area contributed by atoms with Crippen LogP contribution in [0.15, 0.2) is 59.2 Å². The Morgan fingerprint density at radius 2 is 2.00 bits per heavy atom. The highest BCUT2D eigenvalue weighted by Gasteiger charge is 2.24. The average molecular weight is 304 g/mol. The van der Waals surface area contributed by atoms with Gasteiger partial charge in [-0.15, -0.1) is 0 Å². The lowest BCUT2D eigenvalue weighted by Crippen LogP contribution is -2.05. The molecule has 1 aliphatic rings. The molecule has 0 atom stereocenters. The molecule has 23 heavy (non-hydrogen) atoms. The molecule has 1 aliphatic heterocycles. The minimum absolute atomic E-state index is 0.200. The maximum Gasteiger partial charge on any atom is 0.363 e. The zero-order chi connectivity index (χ0) is 16.2. The van der Waals surface area contributed by atoms with Crippen LogP contribution in [-0.2, 0) is 9.53 Å². The number of hydrogen-bond donors (Lipinski definition) is 0. The summed E-state index contributed by atoms with van der Waals surface area (Å²) >= 11 is 0. The van der Waals surface area contributed by atoms with E-state index >= 15 is 0 Å². The first-order chi connectivity index (χ1) is 11.2. The van der Waals surface area contributed by atoms with E-state index in [1.54, 1.807) is 61.7 Å². The van der Waals surface area contributed by atoms with E-state index in [0.29, 0.717) is 16.9 Å². The van der Waals surface area contributed by atoms with Crippen LogP contribution < -0.4 is 4.74 Å². The lowest BCUT2D eigenvalue weighted by molar-refractivity contribution is -0.129. The third-order valence-corrected chi connectivity index (χ3v) is 3.28. The molecular formula is C18H12N2O3. The molecule has 0 spiro atoms. The number of aliphatic imine (C=N–C) groups is 1. The smallest absolute Gasteiger partial charge is 0.363 e. The summed E-state index contributed by atoms with van der Waals surface area (Å²) in [5.41, 5.74) is 2.13. The lowest BCUT2D eigenvalue weighted by atomic mass is 10.1. The molecule has 0 fully saturated rings. The van der Waals surface area contributed by atoms with Crippen molar-refractivity contribution < 1.29 is 14.3 Å². The van der Waals surface area contributed by atoms with Gasteiger partial charge in [-0.1, -0.05) is 12.1 Å². The van der Waals surface area contributed by atoms with Gasteiger partial charge in [-0.2, -0.15) is 5.26 Å². The van der Waals surface area contributed by atoms with Crippen molar-refractivity contribution in [2.75, 3.05) is 7.11 Å². The normalized spacial score (nSPS) is 15.0. The number of benzene rings is 2. The molecule has 0 radical (unpaired) electrons. The Morgan fingerprint density at radius 3 is 2.70 bits per heavy atom. The molecule has 0 bridgehead atoms. The van der Waals surface area contributed by atoms with Crippen molar-refractivity contribution in [1.29, 1.82) is 5.26 Å². The number of cyclic esters (lactones) is 1. The summed E-state index contributed by atoms with van der Waals surface area (Å²) in [7, 11) is 1.58. The highest BCUT2D eigenvalue weighted by molar-refractivity contribution is 6.12. The fraction of sp³-hybridized carbons (Fsp3) is 0.0556. The van der Waals surface area contributed by atoms with Crippen molar-refractivity contribution in [2.24, 2.45) is 4.99 Å². The number of rotatable bonds is 3. The quantitative estimate of drug-likeness (QED) is 0.645. The zero-order valence-electron chi connectivity index (χ0n) is 12.3. The number of esters is 1. The van der Waals surface area contributed by atoms with Crippen LogP contribution in [0.2, 0.25) is 0 Å². The Bertz CT molecular complexity index is 859. The van der Waals surface area contributed by atoms with Crippen molar-refractivity contribution in [3.63, 3.8) is 0 Å². The summed E-state index contributed by atoms with van der Waals surface area (Å²) in [5, 5.41) is 8.91. The van der Waals surface area contributed by atoms with Crippen molar-refractivity contribution >= 4 is 17.9 Å². The number of carbonyl (C=O) groups is 1. The van der Waals surface area contributed by atoms with Gasteiger partial charge in [-0.3, -0.25) is 0 Å². The zero-order valence-corrected chi connectivity index (χ0v) is 12.3. The van der Waals surface area contributed by atoms with E-state index < -0.39 is 5.97 Å². The van der Waals surface area contributed by atoms with Gasteiger partial charge in [0.05, 0.1) is 18.7 Å². The summed E-state index contributed by atoms with van der Waals surface area (Å²) in [6.07, 6.45) is 1.60. The minimum Gasteiger partial charge on any atom is -0.497 e. The van der Waals surface area contributed by atoms with Crippen LogP contribution in [0.5, 0.6) is 5.75 Å². The molecule has 0 amide bonds. The fourth-order valence-corrected chi connectivity index (χ4v) is 2.12. The monoisotopic (exact) mass is 304 g/mol. The highest BCUT2D eigenvalue weighted by atomic mass is 16.6. The summed E-state index contributed by atoms with van der Waals surface area (Å²) in [5.74, 6) is 0.446. The highest BCUT2D eigenvalue weighted by Crippen LogP contribution is 2.21. The standard InChI is InChI=1S/C18H12N2O3/c1-22-15-7-5-14(6-8-15)17-20-16(18(21)23-17)10-12-3-2-4-13(9-12)11-19/h2-10H,1H3. The maximum atomic E-state index is 11.9. The molecule has 5 heteroatoms. The van der Waals surface area contributed by atoms with Crippen molar-refractivity contribution in [2.45, 2.75) is 0 Å². The molecule has 2 aromatic carbocycles. The largest absolute Gasteiger partial charge is 0.497 e. The number of carbonyl (C=O) groups excluding carboxylic acids is 1. The molecule has 0 aromatic heterocycles. The van der Waals surface area contributed by atoms with Gasteiger partial charge >= 0.3 is 5.97 Å². The van der Waals surface area contributed by atoms with E-state index in [1.165, 1.54) is 0 Å². The number of hydrogen-bond acceptors (Lipinski definition) is 5. The van der Waals surface area contributed by atoms with E-state index in [4.69, 9.17) is 14.7 Å². The van der Waals surface area contributed by atoms with Gasteiger partial charge in [-0.25, -0.2) is 9.79 Å². The van der Waals surface area contributed by atoms with Crippen molar-refractivity contribution in [1.82, 2.24) is 0 Å². The minimum atomic E-state index is -0.516. The molecule has 5 nitrogen and oxygen atoms in total. The number of nitriles is 1. The molecule has 1 heterocycles. The predicted octanol–water partition coefficient (Wildman–Crippen LogP) is 2.91. The predicted molar refractivity (Wildman–Crippen MR) is 84.8 cm³/mol. The molecule has 0 saturated heterocycles. The Morgan fingerprint density at radius 1 is 1.22 bits per heavy atom. The SMILES string of the molecule is COc1ccc(C2=NC(=Cc3cccc(C#N)c3)C(=O)O2)cc1. The number of ether oxygens (including phenoxy) is 2. The van der Waals surface area contributed by atoms with Crippen LogP contribution in [0.25, 0.3) is 6.08 Å². The van der Waals surface area contributed by atoms with E-state index in [1.807, 2.05) is 0 Å². The molecule has 3 rings (SSSR count). The van der Waals surface area contributed by atoms with Crippen molar-refractivity contribution in [3.05, 3.63) is 70.9 Å². The molecule has 0 unspecified atom stereocenters. The van der Waals surface area contributed by atoms with Gasteiger partial charge in [-0.05, 0) is 48.0 Å². The fourth-order valence-electron chi connectivity index (χ4n) is 2.12. The van der Waals surface area contributed by atoms with Crippen molar-refractivity contribution in [3.8, 4) is 11.8 Å². The third-order valence-electron chi connectivity index (χ3n) is 3.28. The molecule has 0 saturated carbocycles. The maximum absolute atomic E-state index is 11.9. The molecule has 112 valence electrons. The second-order valence-electron chi connectivity index (χ2n) is 4.80. The number of nitrogens with zero attached hydrogens (tertiary/aromatic N) is 2. The van der Waals surface area contributed by atoms with Crippen LogP contribution in [-0.4, -0.2) is 19.0 Å². The van der Waals surface area contributed by atoms with Gasteiger partial charge in [0.25, 0.3) is 0 Å². The Hall–Kier alpha value is -3.39. The molecule has 0 aliphatic carbocycles. The summed E-state index contributed by atoms with van der Waals surface area (Å²) in [6, 6.07) is 16.0. The summed E-state index contributed by atoms with van der Waals surface area (Å²) in [6.45, 7) is 0. The first-order valence-electron chi connectivity index (χ1n) is 6.87. The topological polar surface area (TPSA) is 71.7 Å². The van der Waals surface area contributed by atoms with E-state index in [-0.39, 0.29) is 11.6 Å².